The monoisotopic (exact) mass is 548 g/mol. The van der Waals surface area contributed by atoms with Crippen molar-refractivity contribution in [1.29, 1.82) is 0 Å². The molecule has 0 atom stereocenters. The number of carbonyl (C=O) groups excluding carboxylic acids is 1. The van der Waals surface area contributed by atoms with Crippen LogP contribution in [0.3, 0.4) is 0 Å². The van der Waals surface area contributed by atoms with Crippen LogP contribution in [0.5, 0.6) is 11.6 Å². The number of ether oxygens (including phenoxy) is 2. The fourth-order valence-corrected chi connectivity index (χ4v) is 4.63. The summed E-state index contributed by atoms with van der Waals surface area (Å²) in [6.07, 6.45) is 2.90. The first kappa shape index (κ1) is 26.6. The molecule has 4 aromatic rings. The highest BCUT2D eigenvalue weighted by Gasteiger charge is 2.23. The van der Waals surface area contributed by atoms with Crippen LogP contribution in [0.25, 0.3) is 0 Å². The summed E-state index contributed by atoms with van der Waals surface area (Å²) in [7, 11) is 0. The average molecular weight is 549 g/mol. The maximum absolute atomic E-state index is 13.6. The van der Waals surface area contributed by atoms with Crippen molar-refractivity contribution in [2.75, 3.05) is 18.5 Å². The van der Waals surface area contributed by atoms with Crippen LogP contribution in [-0.4, -0.2) is 33.7 Å². The van der Waals surface area contributed by atoms with Gasteiger partial charge in [0.1, 0.15) is 17.3 Å². The molecule has 1 N–H and O–H groups in total. The van der Waals surface area contributed by atoms with Gasteiger partial charge in [0.05, 0.1) is 6.54 Å². The minimum absolute atomic E-state index is 0.0457. The Balaban J connectivity index is 1.42. The molecule has 0 saturated carbocycles. The SMILES string of the molecule is Cc1cc(Oc2ccc(Nc3ncc(CC(=O)C4CCOCC4)c(=O)n3Cc3ccc(Cl)cc3)cc2C)no1. The molecule has 10 heteroatoms. The molecule has 1 aliphatic heterocycles. The van der Waals surface area contributed by atoms with Crippen LogP contribution in [0.2, 0.25) is 5.02 Å². The lowest BCUT2D eigenvalue weighted by molar-refractivity contribution is -0.125. The second kappa shape index (κ2) is 11.8. The Morgan fingerprint density at radius 3 is 2.59 bits per heavy atom. The zero-order valence-corrected chi connectivity index (χ0v) is 22.5. The summed E-state index contributed by atoms with van der Waals surface area (Å²) < 4.78 is 17.8. The molecule has 0 bridgehead atoms. The molecular weight excluding hydrogens is 520 g/mol. The quantitative estimate of drug-likeness (QED) is 0.287. The molecule has 0 spiro atoms. The predicted octanol–water partition coefficient (Wildman–Crippen LogP) is 5.62. The van der Waals surface area contributed by atoms with Gasteiger partial charge < -0.3 is 19.3 Å². The first-order valence-corrected chi connectivity index (χ1v) is 13.2. The third kappa shape index (κ3) is 6.55. The number of hydrogen-bond acceptors (Lipinski definition) is 8. The van der Waals surface area contributed by atoms with Crippen LogP contribution in [0.1, 0.15) is 35.3 Å². The summed E-state index contributed by atoms with van der Waals surface area (Å²) >= 11 is 6.06. The van der Waals surface area contributed by atoms with Crippen LogP contribution in [-0.2, 0) is 22.5 Å². The van der Waals surface area contributed by atoms with Crippen molar-refractivity contribution in [2.24, 2.45) is 5.92 Å². The Morgan fingerprint density at radius 2 is 1.90 bits per heavy atom. The van der Waals surface area contributed by atoms with E-state index >= 15 is 0 Å². The lowest BCUT2D eigenvalue weighted by atomic mass is 9.92. The summed E-state index contributed by atoms with van der Waals surface area (Å²) in [5, 5.41) is 7.74. The van der Waals surface area contributed by atoms with Crippen LogP contribution in [0.15, 0.2) is 64.0 Å². The van der Waals surface area contributed by atoms with E-state index in [4.69, 9.17) is 25.6 Å². The van der Waals surface area contributed by atoms with Gasteiger partial charge in [-0.3, -0.25) is 14.2 Å². The zero-order valence-electron chi connectivity index (χ0n) is 21.8. The van der Waals surface area contributed by atoms with Crippen LogP contribution in [0.4, 0.5) is 11.6 Å². The number of nitrogens with one attached hydrogen (secondary N) is 1. The van der Waals surface area contributed by atoms with Crippen molar-refractivity contribution in [3.8, 4) is 11.6 Å². The number of nitrogens with zero attached hydrogens (tertiary/aromatic N) is 3. The molecule has 0 amide bonds. The van der Waals surface area contributed by atoms with E-state index < -0.39 is 0 Å². The molecule has 1 fully saturated rings. The Hall–Kier alpha value is -3.95. The van der Waals surface area contributed by atoms with Crippen molar-refractivity contribution < 1.29 is 18.8 Å². The third-order valence-corrected chi connectivity index (χ3v) is 6.92. The van der Waals surface area contributed by atoms with E-state index in [9.17, 15) is 9.59 Å². The Morgan fingerprint density at radius 1 is 1.13 bits per heavy atom. The van der Waals surface area contributed by atoms with Crippen molar-refractivity contribution in [2.45, 2.75) is 39.7 Å². The Bertz CT molecular complexity index is 1520. The minimum Gasteiger partial charge on any atom is -0.436 e. The molecule has 0 aliphatic carbocycles. The first-order valence-electron chi connectivity index (χ1n) is 12.8. The molecule has 1 saturated heterocycles. The number of rotatable bonds is 9. The molecule has 2 aromatic carbocycles. The van der Waals surface area contributed by atoms with Crippen LogP contribution in [0, 0.1) is 19.8 Å². The number of aryl methyl sites for hydroxylation is 2. The van der Waals surface area contributed by atoms with Gasteiger partial charge in [0.25, 0.3) is 11.4 Å². The summed E-state index contributed by atoms with van der Waals surface area (Å²) in [5.41, 5.74) is 2.56. The summed E-state index contributed by atoms with van der Waals surface area (Å²) in [6.45, 7) is 5.10. The molecular formula is C29H29ClN4O5. The first-order chi connectivity index (χ1) is 18.9. The van der Waals surface area contributed by atoms with E-state index in [1.165, 1.54) is 6.20 Å². The van der Waals surface area contributed by atoms with E-state index in [1.807, 2.05) is 37.3 Å². The van der Waals surface area contributed by atoms with E-state index in [2.05, 4.69) is 15.5 Å². The highest BCUT2D eigenvalue weighted by atomic mass is 35.5. The highest BCUT2D eigenvalue weighted by molar-refractivity contribution is 6.30. The van der Waals surface area contributed by atoms with Gasteiger partial charge in [0, 0.05) is 54.1 Å². The Labute approximate surface area is 230 Å². The van der Waals surface area contributed by atoms with E-state index in [0.29, 0.717) is 60.0 Å². The maximum atomic E-state index is 13.6. The second-order valence-corrected chi connectivity index (χ2v) is 10.1. The smallest absolute Gasteiger partial charge is 0.259 e. The zero-order chi connectivity index (χ0) is 27.4. The summed E-state index contributed by atoms with van der Waals surface area (Å²) in [4.78, 5) is 31.1. The fourth-order valence-electron chi connectivity index (χ4n) is 4.50. The molecule has 2 aromatic heterocycles. The summed E-state index contributed by atoms with van der Waals surface area (Å²) in [6, 6.07) is 14.5. The Kier molecular flexibility index (Phi) is 8.09. The number of Topliss-reactive ketones (excluding diaryl/α,β-unsaturated/α-hetero) is 1. The molecule has 9 nitrogen and oxygen atoms in total. The molecule has 5 rings (SSSR count). The van der Waals surface area contributed by atoms with Gasteiger partial charge in [-0.15, -0.1) is 0 Å². The van der Waals surface area contributed by atoms with Gasteiger partial charge in [0.2, 0.25) is 5.95 Å². The fraction of sp³-hybridized carbons (Fsp3) is 0.310. The lowest BCUT2D eigenvalue weighted by Gasteiger charge is -2.21. The predicted molar refractivity (Wildman–Crippen MR) is 147 cm³/mol. The summed E-state index contributed by atoms with van der Waals surface area (Å²) in [5.74, 6) is 1.97. The number of ketones is 1. The maximum Gasteiger partial charge on any atom is 0.259 e. The van der Waals surface area contributed by atoms with Crippen molar-refractivity contribution in [3.63, 3.8) is 0 Å². The average Bonchev–Trinajstić information content (AvgIpc) is 3.35. The van der Waals surface area contributed by atoms with E-state index in [0.717, 1.165) is 16.8 Å². The van der Waals surface area contributed by atoms with E-state index in [1.54, 1.807) is 29.7 Å². The molecule has 1 aliphatic rings. The van der Waals surface area contributed by atoms with Gasteiger partial charge in [-0.25, -0.2) is 4.98 Å². The van der Waals surface area contributed by atoms with Gasteiger partial charge in [-0.05, 0) is 73.3 Å². The second-order valence-electron chi connectivity index (χ2n) is 9.64. The highest BCUT2D eigenvalue weighted by Crippen LogP contribution is 2.28. The minimum atomic E-state index is -0.263. The largest absolute Gasteiger partial charge is 0.436 e. The van der Waals surface area contributed by atoms with Crippen molar-refractivity contribution in [3.05, 3.63) is 92.6 Å². The van der Waals surface area contributed by atoms with E-state index in [-0.39, 0.29) is 30.2 Å². The number of anilines is 2. The van der Waals surface area contributed by atoms with Gasteiger partial charge in [0.15, 0.2) is 0 Å². The van der Waals surface area contributed by atoms with Crippen LogP contribution < -0.4 is 15.6 Å². The van der Waals surface area contributed by atoms with Crippen molar-refractivity contribution in [1.82, 2.24) is 14.7 Å². The van der Waals surface area contributed by atoms with Gasteiger partial charge in [-0.2, -0.15) is 0 Å². The standard InChI is InChI=1S/C29H29ClN4O5/c1-18-13-24(7-8-26(18)38-27-14-19(2)39-33-27)32-29-31-16-22(15-25(35)21-9-11-37-12-10-21)28(36)34(29)17-20-3-5-23(30)6-4-20/h3-8,13-14,16,21H,9-12,15,17H2,1-2H3,(H,31,32). The van der Waals surface area contributed by atoms with Gasteiger partial charge >= 0.3 is 0 Å². The normalized spacial score (nSPS) is 13.8. The molecule has 39 heavy (non-hydrogen) atoms. The van der Waals surface area contributed by atoms with Crippen LogP contribution >= 0.6 is 11.6 Å². The lowest BCUT2D eigenvalue weighted by Crippen LogP contribution is -2.31. The number of benzene rings is 2. The molecule has 0 radical (unpaired) electrons. The number of aromatic nitrogens is 3. The van der Waals surface area contributed by atoms with Gasteiger partial charge in [-0.1, -0.05) is 23.7 Å². The molecule has 0 unspecified atom stereocenters. The molecule has 202 valence electrons. The number of hydrogen-bond donors (Lipinski definition) is 1. The van der Waals surface area contributed by atoms with Crippen molar-refractivity contribution >= 4 is 29.0 Å². The topological polar surface area (TPSA) is 108 Å². The molecule has 3 heterocycles. The number of halogens is 1. The third-order valence-electron chi connectivity index (χ3n) is 6.67. The number of carbonyl (C=O) groups is 1.